The highest BCUT2D eigenvalue weighted by molar-refractivity contribution is 5.06. The second kappa shape index (κ2) is 4.44. The topological polar surface area (TPSA) is 57.6 Å². The highest BCUT2D eigenvalue weighted by atomic mass is 16.7. The van der Waals surface area contributed by atoms with Crippen LogP contribution in [-0.2, 0) is 9.47 Å². The number of ether oxygens (including phenoxy) is 2. The molecule has 1 unspecified atom stereocenters. The third kappa shape index (κ3) is 2.12. The van der Waals surface area contributed by atoms with Crippen LogP contribution in [0, 0.1) is 5.92 Å². The van der Waals surface area contributed by atoms with Crippen molar-refractivity contribution in [2.24, 2.45) is 11.7 Å². The van der Waals surface area contributed by atoms with Crippen LogP contribution in [0.1, 0.15) is 37.5 Å². The van der Waals surface area contributed by atoms with Crippen LogP contribution >= 0.6 is 0 Å². The Kier molecular flexibility index (Phi) is 2.94. The SMILES string of the molecule is NC(c1ccco1)C1CCC2(CC1)OCCO2. The smallest absolute Gasteiger partial charge is 0.168 e. The summed E-state index contributed by atoms with van der Waals surface area (Å²) in [7, 11) is 0. The molecule has 2 fully saturated rings. The van der Waals surface area contributed by atoms with Gasteiger partial charge in [-0.05, 0) is 30.9 Å². The van der Waals surface area contributed by atoms with Crippen molar-refractivity contribution in [3.8, 4) is 0 Å². The molecule has 0 amide bonds. The van der Waals surface area contributed by atoms with E-state index in [4.69, 9.17) is 19.6 Å². The molecule has 2 N–H and O–H groups in total. The fourth-order valence-corrected chi connectivity index (χ4v) is 2.94. The van der Waals surface area contributed by atoms with E-state index < -0.39 is 0 Å². The van der Waals surface area contributed by atoms with E-state index in [1.54, 1.807) is 6.26 Å². The molecule has 1 aliphatic carbocycles. The number of hydrogen-bond acceptors (Lipinski definition) is 4. The van der Waals surface area contributed by atoms with Crippen molar-refractivity contribution in [1.82, 2.24) is 0 Å². The predicted molar refractivity (Wildman–Crippen MR) is 62.2 cm³/mol. The fraction of sp³-hybridized carbons (Fsp3) is 0.692. The Morgan fingerprint density at radius 3 is 2.53 bits per heavy atom. The Labute approximate surface area is 101 Å². The van der Waals surface area contributed by atoms with Crippen molar-refractivity contribution >= 4 is 0 Å². The molecule has 0 aromatic carbocycles. The van der Waals surface area contributed by atoms with Gasteiger partial charge in [0.2, 0.25) is 0 Å². The van der Waals surface area contributed by atoms with Crippen LogP contribution in [0.15, 0.2) is 22.8 Å². The molecular weight excluding hydrogens is 218 g/mol. The summed E-state index contributed by atoms with van der Waals surface area (Å²) in [5.41, 5.74) is 6.23. The highest BCUT2D eigenvalue weighted by Gasteiger charge is 2.41. The van der Waals surface area contributed by atoms with E-state index in [1.165, 1.54) is 0 Å². The largest absolute Gasteiger partial charge is 0.468 e. The van der Waals surface area contributed by atoms with Crippen LogP contribution in [0.5, 0.6) is 0 Å². The van der Waals surface area contributed by atoms with E-state index in [9.17, 15) is 0 Å². The molecule has 1 saturated carbocycles. The molecule has 1 aromatic heterocycles. The van der Waals surface area contributed by atoms with Crippen molar-refractivity contribution in [3.05, 3.63) is 24.2 Å². The summed E-state index contributed by atoms with van der Waals surface area (Å²) in [6.07, 6.45) is 5.67. The molecule has 2 heterocycles. The maximum atomic E-state index is 6.23. The molecule has 1 saturated heterocycles. The molecular formula is C13H19NO3. The standard InChI is InChI=1S/C13H19NO3/c14-12(11-2-1-7-15-11)10-3-5-13(6-4-10)16-8-9-17-13/h1-2,7,10,12H,3-6,8-9,14H2. The van der Waals surface area contributed by atoms with Gasteiger partial charge < -0.3 is 19.6 Å². The van der Waals surface area contributed by atoms with Crippen molar-refractivity contribution in [3.63, 3.8) is 0 Å². The molecule has 4 heteroatoms. The lowest BCUT2D eigenvalue weighted by atomic mass is 9.80. The number of hydrogen-bond donors (Lipinski definition) is 1. The van der Waals surface area contributed by atoms with Gasteiger partial charge in [0.1, 0.15) is 5.76 Å². The lowest BCUT2D eigenvalue weighted by Crippen LogP contribution is -2.37. The molecule has 0 radical (unpaired) electrons. The molecule has 3 rings (SSSR count). The summed E-state index contributed by atoms with van der Waals surface area (Å²) < 4.78 is 16.8. The molecule has 1 atom stereocenters. The lowest BCUT2D eigenvalue weighted by Gasteiger charge is -2.37. The Hall–Kier alpha value is -0.840. The van der Waals surface area contributed by atoms with E-state index in [0.717, 1.165) is 44.7 Å². The van der Waals surface area contributed by atoms with Gasteiger partial charge in [0.25, 0.3) is 0 Å². The van der Waals surface area contributed by atoms with Crippen LogP contribution in [0.2, 0.25) is 0 Å². The third-order valence-electron chi connectivity index (χ3n) is 3.99. The van der Waals surface area contributed by atoms with E-state index in [2.05, 4.69) is 0 Å². The van der Waals surface area contributed by atoms with Gasteiger partial charge in [-0.1, -0.05) is 0 Å². The van der Waals surface area contributed by atoms with E-state index in [0.29, 0.717) is 5.92 Å². The Bertz CT molecular complexity index is 347. The second-order valence-corrected chi connectivity index (χ2v) is 4.99. The number of furan rings is 1. The van der Waals surface area contributed by atoms with Gasteiger partial charge in [-0.3, -0.25) is 0 Å². The first-order chi connectivity index (χ1) is 8.29. The molecule has 4 nitrogen and oxygen atoms in total. The Balaban J connectivity index is 1.61. The molecule has 1 spiro atoms. The van der Waals surface area contributed by atoms with Crippen LogP contribution in [0.25, 0.3) is 0 Å². The zero-order chi connectivity index (χ0) is 11.7. The summed E-state index contributed by atoms with van der Waals surface area (Å²) in [6.45, 7) is 1.46. The minimum atomic E-state index is -0.292. The van der Waals surface area contributed by atoms with E-state index >= 15 is 0 Å². The van der Waals surface area contributed by atoms with E-state index in [-0.39, 0.29) is 11.8 Å². The van der Waals surface area contributed by atoms with Crippen molar-refractivity contribution in [2.45, 2.75) is 37.5 Å². The first-order valence-corrected chi connectivity index (χ1v) is 6.36. The monoisotopic (exact) mass is 237 g/mol. The Morgan fingerprint density at radius 1 is 1.24 bits per heavy atom. The average Bonchev–Trinajstić information content (AvgIpc) is 3.01. The first-order valence-electron chi connectivity index (χ1n) is 6.36. The number of rotatable bonds is 2. The molecule has 1 aromatic rings. The molecule has 17 heavy (non-hydrogen) atoms. The molecule has 0 bridgehead atoms. The summed E-state index contributed by atoms with van der Waals surface area (Å²) in [4.78, 5) is 0. The molecule has 2 aliphatic rings. The summed E-state index contributed by atoms with van der Waals surface area (Å²) in [5, 5.41) is 0. The zero-order valence-electron chi connectivity index (χ0n) is 9.93. The zero-order valence-corrected chi connectivity index (χ0v) is 9.93. The lowest BCUT2D eigenvalue weighted by molar-refractivity contribution is -0.183. The first kappa shape index (κ1) is 11.3. The van der Waals surface area contributed by atoms with Gasteiger partial charge in [-0.15, -0.1) is 0 Å². The summed E-state index contributed by atoms with van der Waals surface area (Å²) in [5.74, 6) is 1.07. The average molecular weight is 237 g/mol. The number of nitrogens with two attached hydrogens (primary N) is 1. The van der Waals surface area contributed by atoms with Gasteiger partial charge >= 0.3 is 0 Å². The van der Waals surface area contributed by atoms with Crippen LogP contribution in [0.3, 0.4) is 0 Å². The van der Waals surface area contributed by atoms with Gasteiger partial charge in [0.05, 0.1) is 25.5 Å². The van der Waals surface area contributed by atoms with Gasteiger partial charge in [-0.25, -0.2) is 0 Å². The van der Waals surface area contributed by atoms with Crippen molar-refractivity contribution < 1.29 is 13.9 Å². The Morgan fingerprint density at radius 2 is 1.94 bits per heavy atom. The fourth-order valence-electron chi connectivity index (χ4n) is 2.94. The summed E-state index contributed by atoms with van der Waals surface area (Å²) >= 11 is 0. The highest BCUT2D eigenvalue weighted by Crippen LogP contribution is 2.41. The van der Waals surface area contributed by atoms with Crippen LogP contribution in [-0.4, -0.2) is 19.0 Å². The summed E-state index contributed by atoms with van der Waals surface area (Å²) in [6, 6.07) is 3.85. The maximum Gasteiger partial charge on any atom is 0.168 e. The van der Waals surface area contributed by atoms with Crippen molar-refractivity contribution in [1.29, 1.82) is 0 Å². The molecule has 94 valence electrons. The maximum absolute atomic E-state index is 6.23. The van der Waals surface area contributed by atoms with Crippen LogP contribution < -0.4 is 5.73 Å². The minimum Gasteiger partial charge on any atom is -0.468 e. The quantitative estimate of drug-likeness (QED) is 0.856. The van der Waals surface area contributed by atoms with Gasteiger partial charge in [-0.2, -0.15) is 0 Å². The predicted octanol–water partition coefficient (Wildman–Crippen LogP) is 2.21. The van der Waals surface area contributed by atoms with Crippen molar-refractivity contribution in [2.75, 3.05) is 13.2 Å². The van der Waals surface area contributed by atoms with Gasteiger partial charge in [0, 0.05) is 12.8 Å². The third-order valence-corrected chi connectivity index (χ3v) is 3.99. The second-order valence-electron chi connectivity index (χ2n) is 4.99. The minimum absolute atomic E-state index is 0.00348. The molecule has 1 aliphatic heterocycles. The van der Waals surface area contributed by atoms with E-state index in [1.807, 2.05) is 12.1 Å². The normalized spacial score (nSPS) is 26.4. The van der Waals surface area contributed by atoms with Gasteiger partial charge in [0.15, 0.2) is 5.79 Å². The van der Waals surface area contributed by atoms with Crippen LogP contribution in [0.4, 0.5) is 0 Å².